The van der Waals surface area contributed by atoms with Crippen LogP contribution in [0.25, 0.3) is 0 Å². The fourth-order valence-corrected chi connectivity index (χ4v) is 2.44. The summed E-state index contributed by atoms with van der Waals surface area (Å²) in [5.41, 5.74) is 1.18. The number of amides is 2. The molecule has 1 heterocycles. The van der Waals surface area contributed by atoms with E-state index in [0.29, 0.717) is 29.2 Å². The Bertz CT molecular complexity index is 794. The molecular weight excluding hydrogens is 310 g/mol. The minimum atomic E-state index is -0.363. The summed E-state index contributed by atoms with van der Waals surface area (Å²) in [7, 11) is 0. The number of carbonyl (C=O) groups excluding carboxylic acids is 3. The van der Waals surface area contributed by atoms with E-state index in [1.807, 2.05) is 0 Å². The molecule has 0 aliphatic heterocycles. The molecule has 1 aliphatic carbocycles. The maximum absolute atomic E-state index is 12.2. The van der Waals surface area contributed by atoms with Crippen LogP contribution in [-0.2, 0) is 9.59 Å². The molecular formula is C17H17N3O4. The van der Waals surface area contributed by atoms with Gasteiger partial charge in [0.1, 0.15) is 5.76 Å². The van der Waals surface area contributed by atoms with Gasteiger partial charge in [-0.3, -0.25) is 14.4 Å². The Balaban J connectivity index is 1.53. The van der Waals surface area contributed by atoms with Crippen molar-refractivity contribution in [3.05, 3.63) is 41.7 Å². The number of benzene rings is 1. The number of hydrogen-bond donors (Lipinski definition) is 2. The van der Waals surface area contributed by atoms with Gasteiger partial charge in [0.05, 0.1) is 11.8 Å². The Morgan fingerprint density at radius 2 is 1.71 bits per heavy atom. The van der Waals surface area contributed by atoms with E-state index >= 15 is 0 Å². The Labute approximate surface area is 138 Å². The van der Waals surface area contributed by atoms with Gasteiger partial charge in [-0.05, 0) is 44.5 Å². The molecule has 1 aromatic heterocycles. The van der Waals surface area contributed by atoms with Crippen molar-refractivity contribution in [2.24, 2.45) is 11.8 Å². The van der Waals surface area contributed by atoms with E-state index < -0.39 is 0 Å². The topological polar surface area (TPSA) is 101 Å². The molecule has 2 aromatic rings. The molecule has 2 amide bonds. The highest BCUT2D eigenvalue weighted by atomic mass is 16.5. The maximum Gasteiger partial charge on any atom is 0.229 e. The molecule has 124 valence electrons. The third-order valence-electron chi connectivity index (χ3n) is 3.90. The first-order valence-corrected chi connectivity index (χ1v) is 7.60. The van der Waals surface area contributed by atoms with Crippen LogP contribution < -0.4 is 10.6 Å². The Kier molecular flexibility index (Phi) is 4.16. The zero-order valence-electron chi connectivity index (χ0n) is 13.3. The van der Waals surface area contributed by atoms with Crippen LogP contribution in [0.1, 0.15) is 29.5 Å². The summed E-state index contributed by atoms with van der Waals surface area (Å²) in [6, 6.07) is 8.27. The molecule has 1 saturated carbocycles. The van der Waals surface area contributed by atoms with Gasteiger partial charge in [-0.1, -0.05) is 5.16 Å². The van der Waals surface area contributed by atoms with E-state index in [4.69, 9.17) is 4.52 Å². The zero-order valence-corrected chi connectivity index (χ0v) is 13.3. The lowest BCUT2D eigenvalue weighted by Crippen LogP contribution is -2.20. The van der Waals surface area contributed by atoms with Crippen molar-refractivity contribution in [2.75, 3.05) is 10.6 Å². The number of rotatable bonds is 5. The number of aromatic nitrogens is 1. The van der Waals surface area contributed by atoms with Crippen molar-refractivity contribution in [2.45, 2.75) is 20.3 Å². The number of nitrogens with one attached hydrogen (secondary N) is 2. The van der Waals surface area contributed by atoms with Crippen LogP contribution in [-0.4, -0.2) is 22.8 Å². The van der Waals surface area contributed by atoms with Gasteiger partial charge in [0.25, 0.3) is 0 Å². The predicted molar refractivity (Wildman–Crippen MR) is 86.5 cm³/mol. The van der Waals surface area contributed by atoms with Crippen molar-refractivity contribution in [3.8, 4) is 0 Å². The second-order valence-electron chi connectivity index (χ2n) is 5.88. The minimum absolute atomic E-state index is 0.0325. The SMILES string of the molecule is CC(=O)c1ccc(NC(=O)C2CC2C(=O)Nc2cc(C)on2)cc1. The van der Waals surface area contributed by atoms with Crippen LogP contribution in [0.3, 0.4) is 0 Å². The smallest absolute Gasteiger partial charge is 0.229 e. The second-order valence-corrected chi connectivity index (χ2v) is 5.88. The van der Waals surface area contributed by atoms with Crippen molar-refractivity contribution in [1.29, 1.82) is 0 Å². The molecule has 1 aromatic carbocycles. The number of nitrogens with zero attached hydrogens (tertiary/aromatic N) is 1. The lowest BCUT2D eigenvalue weighted by molar-refractivity contribution is -0.122. The fraction of sp³-hybridized carbons (Fsp3) is 0.294. The molecule has 2 atom stereocenters. The summed E-state index contributed by atoms with van der Waals surface area (Å²) in [6.07, 6.45) is 0.500. The van der Waals surface area contributed by atoms with Crippen LogP contribution >= 0.6 is 0 Å². The number of anilines is 2. The molecule has 7 nitrogen and oxygen atoms in total. The Morgan fingerprint density at radius 3 is 2.25 bits per heavy atom. The summed E-state index contributed by atoms with van der Waals surface area (Å²) in [5.74, 6) is -0.246. The Morgan fingerprint density at radius 1 is 1.08 bits per heavy atom. The summed E-state index contributed by atoms with van der Waals surface area (Å²) in [5, 5.41) is 9.08. The summed E-state index contributed by atoms with van der Waals surface area (Å²) in [4.78, 5) is 35.5. The van der Waals surface area contributed by atoms with Crippen LogP contribution in [0.2, 0.25) is 0 Å². The van der Waals surface area contributed by atoms with E-state index in [-0.39, 0.29) is 29.4 Å². The highest BCUT2D eigenvalue weighted by molar-refractivity contribution is 6.03. The third-order valence-corrected chi connectivity index (χ3v) is 3.90. The molecule has 1 fully saturated rings. The van der Waals surface area contributed by atoms with Gasteiger partial charge in [0.2, 0.25) is 11.8 Å². The van der Waals surface area contributed by atoms with Crippen LogP contribution in [0.4, 0.5) is 11.5 Å². The van der Waals surface area contributed by atoms with Gasteiger partial charge >= 0.3 is 0 Å². The summed E-state index contributed by atoms with van der Waals surface area (Å²) < 4.78 is 4.88. The number of aryl methyl sites for hydroxylation is 1. The first kappa shape index (κ1) is 15.9. The molecule has 1 aliphatic rings. The molecule has 0 saturated heterocycles. The highest BCUT2D eigenvalue weighted by Gasteiger charge is 2.48. The molecule has 0 radical (unpaired) electrons. The quantitative estimate of drug-likeness (QED) is 0.821. The molecule has 24 heavy (non-hydrogen) atoms. The number of carbonyl (C=O) groups is 3. The Hall–Kier alpha value is -2.96. The lowest BCUT2D eigenvalue weighted by Gasteiger charge is -2.05. The van der Waals surface area contributed by atoms with Gasteiger partial charge < -0.3 is 15.2 Å². The summed E-state index contributed by atoms with van der Waals surface area (Å²) >= 11 is 0. The highest BCUT2D eigenvalue weighted by Crippen LogP contribution is 2.40. The van der Waals surface area contributed by atoms with Crippen molar-refractivity contribution in [1.82, 2.24) is 5.16 Å². The first-order chi connectivity index (χ1) is 11.4. The van der Waals surface area contributed by atoms with Crippen LogP contribution in [0.5, 0.6) is 0 Å². The second kappa shape index (κ2) is 6.27. The molecule has 3 rings (SSSR count). The molecule has 0 spiro atoms. The zero-order chi connectivity index (χ0) is 17.3. The number of ketones is 1. The van der Waals surface area contributed by atoms with E-state index in [1.165, 1.54) is 6.92 Å². The van der Waals surface area contributed by atoms with Crippen molar-refractivity contribution >= 4 is 29.1 Å². The fourth-order valence-electron chi connectivity index (χ4n) is 2.44. The van der Waals surface area contributed by atoms with E-state index in [0.717, 1.165) is 0 Å². The maximum atomic E-state index is 12.2. The first-order valence-electron chi connectivity index (χ1n) is 7.60. The van der Waals surface area contributed by atoms with Gasteiger partial charge in [0, 0.05) is 17.3 Å². The van der Waals surface area contributed by atoms with Crippen LogP contribution in [0.15, 0.2) is 34.9 Å². The lowest BCUT2D eigenvalue weighted by atomic mass is 10.1. The largest absolute Gasteiger partial charge is 0.360 e. The third kappa shape index (κ3) is 3.51. The van der Waals surface area contributed by atoms with Gasteiger partial charge in [-0.15, -0.1) is 0 Å². The van der Waals surface area contributed by atoms with E-state index in [2.05, 4.69) is 15.8 Å². The van der Waals surface area contributed by atoms with Gasteiger partial charge in [-0.2, -0.15) is 0 Å². The van der Waals surface area contributed by atoms with Crippen molar-refractivity contribution in [3.63, 3.8) is 0 Å². The van der Waals surface area contributed by atoms with Crippen LogP contribution in [0, 0.1) is 18.8 Å². The molecule has 0 bridgehead atoms. The monoisotopic (exact) mass is 327 g/mol. The predicted octanol–water partition coefficient (Wildman–Crippen LogP) is 2.40. The van der Waals surface area contributed by atoms with Crippen molar-refractivity contribution < 1.29 is 18.9 Å². The average Bonchev–Trinajstić information content (AvgIpc) is 3.25. The van der Waals surface area contributed by atoms with Gasteiger partial charge in [-0.25, -0.2) is 0 Å². The summed E-state index contributed by atoms with van der Waals surface area (Å²) in [6.45, 7) is 3.21. The van der Waals surface area contributed by atoms with E-state index in [9.17, 15) is 14.4 Å². The average molecular weight is 327 g/mol. The number of Topliss-reactive ketones (excluding diaryl/α,β-unsaturated/α-hetero) is 1. The molecule has 2 unspecified atom stereocenters. The van der Waals surface area contributed by atoms with E-state index in [1.54, 1.807) is 37.3 Å². The molecule has 7 heteroatoms. The molecule has 2 N–H and O–H groups in total. The number of hydrogen-bond acceptors (Lipinski definition) is 5. The normalized spacial score (nSPS) is 18.8. The minimum Gasteiger partial charge on any atom is -0.360 e. The van der Waals surface area contributed by atoms with Gasteiger partial charge in [0.15, 0.2) is 11.6 Å². The standard InChI is InChI=1S/C17H17N3O4/c1-9-7-15(20-24-9)19-17(23)14-8-13(14)16(22)18-12-5-3-11(4-6-12)10(2)21/h3-7,13-14H,8H2,1-2H3,(H,18,22)(H,19,20,23).